The van der Waals surface area contributed by atoms with E-state index in [0.29, 0.717) is 6.54 Å². The van der Waals surface area contributed by atoms with Crippen molar-refractivity contribution in [1.82, 2.24) is 9.80 Å². The molecular weight excluding hydrogens is 196 g/mol. The van der Waals surface area contributed by atoms with Gasteiger partial charge in [0.15, 0.2) is 0 Å². The first kappa shape index (κ1) is 12.0. The van der Waals surface area contributed by atoms with Gasteiger partial charge in [0.25, 0.3) is 0 Å². The summed E-state index contributed by atoms with van der Waals surface area (Å²) in [7, 11) is 1.76. The molecule has 1 heterocycles. The van der Waals surface area contributed by atoms with Crippen molar-refractivity contribution >= 4 is 11.9 Å². The van der Waals surface area contributed by atoms with E-state index in [4.69, 9.17) is 5.11 Å². The van der Waals surface area contributed by atoms with Crippen molar-refractivity contribution < 1.29 is 14.7 Å². The van der Waals surface area contributed by atoms with Gasteiger partial charge in [-0.15, -0.1) is 0 Å². The maximum Gasteiger partial charge on any atom is 0.317 e. The Hall–Kier alpha value is -1.10. The molecule has 0 aliphatic carbocycles. The molecule has 1 saturated heterocycles. The lowest BCUT2D eigenvalue weighted by Crippen LogP contribution is -2.44. The van der Waals surface area contributed by atoms with Gasteiger partial charge in [0.2, 0.25) is 5.91 Å². The summed E-state index contributed by atoms with van der Waals surface area (Å²) in [5.74, 6) is -0.824. The molecule has 86 valence electrons. The Balaban J connectivity index is 2.63. The van der Waals surface area contributed by atoms with E-state index in [2.05, 4.69) is 0 Å². The van der Waals surface area contributed by atoms with Crippen LogP contribution in [0.15, 0.2) is 0 Å². The quantitative estimate of drug-likeness (QED) is 0.700. The number of carbonyl (C=O) groups is 2. The number of likely N-dealkylation sites (N-methyl/N-ethyl adjacent to an activating group) is 1. The number of hydrogen-bond acceptors (Lipinski definition) is 3. The van der Waals surface area contributed by atoms with Crippen LogP contribution >= 0.6 is 0 Å². The summed E-state index contributed by atoms with van der Waals surface area (Å²) in [5.41, 5.74) is 0. The van der Waals surface area contributed by atoms with E-state index in [0.717, 1.165) is 19.4 Å². The molecule has 0 aromatic carbocycles. The van der Waals surface area contributed by atoms with Gasteiger partial charge in [0, 0.05) is 13.6 Å². The van der Waals surface area contributed by atoms with Crippen molar-refractivity contribution in [2.24, 2.45) is 0 Å². The van der Waals surface area contributed by atoms with Crippen molar-refractivity contribution in [3.63, 3.8) is 0 Å². The lowest BCUT2D eigenvalue weighted by molar-refractivity contribution is -0.140. The highest BCUT2D eigenvalue weighted by Crippen LogP contribution is 2.15. The van der Waals surface area contributed by atoms with Gasteiger partial charge in [0.05, 0.1) is 12.6 Å². The summed E-state index contributed by atoms with van der Waals surface area (Å²) in [6.45, 7) is 3.33. The number of likely N-dealkylation sites (tertiary alicyclic amines) is 1. The minimum atomic E-state index is -0.870. The van der Waals surface area contributed by atoms with Crippen LogP contribution in [0.1, 0.15) is 19.8 Å². The monoisotopic (exact) mass is 214 g/mol. The van der Waals surface area contributed by atoms with Crippen LogP contribution < -0.4 is 0 Å². The maximum absolute atomic E-state index is 11.7. The molecule has 1 N–H and O–H groups in total. The molecule has 0 radical (unpaired) electrons. The number of carbonyl (C=O) groups excluding carboxylic acids is 1. The third-order valence-electron chi connectivity index (χ3n) is 2.69. The molecular formula is C10H18N2O3. The molecule has 0 spiro atoms. The molecule has 1 unspecified atom stereocenters. The molecule has 0 saturated carbocycles. The van der Waals surface area contributed by atoms with Gasteiger partial charge in [-0.1, -0.05) is 6.92 Å². The Morgan fingerprint density at radius 2 is 2.33 bits per heavy atom. The van der Waals surface area contributed by atoms with Crippen LogP contribution in [0.25, 0.3) is 0 Å². The van der Waals surface area contributed by atoms with Crippen molar-refractivity contribution in [2.75, 3.05) is 26.7 Å². The molecule has 5 heteroatoms. The Morgan fingerprint density at radius 1 is 1.67 bits per heavy atom. The van der Waals surface area contributed by atoms with E-state index in [1.165, 1.54) is 0 Å². The number of amides is 1. The van der Waals surface area contributed by atoms with E-state index in [-0.39, 0.29) is 18.5 Å². The largest absolute Gasteiger partial charge is 0.480 e. The Labute approximate surface area is 89.7 Å². The minimum Gasteiger partial charge on any atom is -0.480 e. The highest BCUT2D eigenvalue weighted by atomic mass is 16.4. The van der Waals surface area contributed by atoms with Crippen LogP contribution in [-0.2, 0) is 9.59 Å². The number of rotatable bonds is 5. The summed E-state index contributed by atoms with van der Waals surface area (Å²) >= 11 is 0. The summed E-state index contributed by atoms with van der Waals surface area (Å²) in [6.07, 6.45) is 1.60. The Morgan fingerprint density at radius 3 is 2.73 bits per heavy atom. The van der Waals surface area contributed by atoms with Crippen LogP contribution in [0, 0.1) is 0 Å². The Bertz CT molecular complexity index is 255. The molecule has 1 fully saturated rings. The summed E-state index contributed by atoms with van der Waals surface area (Å²) in [4.78, 5) is 25.8. The fourth-order valence-corrected chi connectivity index (χ4v) is 1.95. The van der Waals surface area contributed by atoms with Crippen molar-refractivity contribution in [3.8, 4) is 0 Å². The van der Waals surface area contributed by atoms with E-state index in [9.17, 15) is 9.59 Å². The molecule has 1 aliphatic rings. The number of hydrogen-bond donors (Lipinski definition) is 1. The molecule has 0 aromatic heterocycles. The normalized spacial score (nSPS) is 21.4. The van der Waals surface area contributed by atoms with E-state index in [1.54, 1.807) is 16.8 Å². The second-order valence-electron chi connectivity index (χ2n) is 3.93. The number of carboxylic acid groups (broad SMARTS) is 1. The second kappa shape index (κ2) is 5.11. The lowest BCUT2D eigenvalue weighted by Gasteiger charge is -2.25. The van der Waals surface area contributed by atoms with Gasteiger partial charge in [-0.25, -0.2) is 0 Å². The average molecular weight is 214 g/mol. The summed E-state index contributed by atoms with van der Waals surface area (Å²) in [6, 6.07) is -0.231. The van der Waals surface area contributed by atoms with E-state index >= 15 is 0 Å². The van der Waals surface area contributed by atoms with Crippen LogP contribution in [0.2, 0.25) is 0 Å². The maximum atomic E-state index is 11.7. The van der Waals surface area contributed by atoms with Gasteiger partial charge in [-0.3, -0.25) is 14.5 Å². The molecule has 1 aliphatic heterocycles. The van der Waals surface area contributed by atoms with Crippen LogP contribution in [0.3, 0.4) is 0 Å². The highest BCUT2D eigenvalue weighted by molar-refractivity contribution is 5.84. The van der Waals surface area contributed by atoms with Gasteiger partial charge < -0.3 is 10.0 Å². The fraction of sp³-hybridized carbons (Fsp3) is 0.800. The van der Waals surface area contributed by atoms with E-state index < -0.39 is 5.97 Å². The lowest BCUT2D eigenvalue weighted by atomic mass is 10.2. The zero-order chi connectivity index (χ0) is 11.4. The van der Waals surface area contributed by atoms with Gasteiger partial charge >= 0.3 is 5.97 Å². The third-order valence-corrected chi connectivity index (χ3v) is 2.69. The van der Waals surface area contributed by atoms with Gasteiger partial charge in [-0.05, 0) is 19.4 Å². The summed E-state index contributed by atoms with van der Waals surface area (Å²) < 4.78 is 0. The standard InChI is InChI=1S/C10H18N2O3/c1-3-5-12(7-9(13)14)8-4-6-11(2)10(8)15/h8H,3-7H2,1-2H3,(H,13,14). The number of nitrogens with zero attached hydrogens (tertiary/aromatic N) is 2. The van der Waals surface area contributed by atoms with Crippen LogP contribution in [0.5, 0.6) is 0 Å². The summed E-state index contributed by atoms with van der Waals surface area (Å²) in [5, 5.41) is 8.76. The number of carboxylic acids is 1. The van der Waals surface area contributed by atoms with Gasteiger partial charge in [-0.2, -0.15) is 0 Å². The molecule has 1 atom stereocenters. The molecule has 5 nitrogen and oxygen atoms in total. The first-order valence-corrected chi connectivity index (χ1v) is 5.27. The topological polar surface area (TPSA) is 60.9 Å². The molecule has 1 rings (SSSR count). The number of aliphatic carboxylic acids is 1. The van der Waals surface area contributed by atoms with E-state index in [1.807, 2.05) is 6.92 Å². The van der Waals surface area contributed by atoms with Crippen molar-refractivity contribution in [2.45, 2.75) is 25.8 Å². The average Bonchev–Trinajstić information content (AvgIpc) is 2.46. The first-order chi connectivity index (χ1) is 7.06. The third kappa shape index (κ3) is 2.92. The molecule has 0 bridgehead atoms. The predicted octanol–water partition coefficient (Wildman–Crippen LogP) is 0.0137. The van der Waals surface area contributed by atoms with Crippen LogP contribution in [-0.4, -0.2) is 59.5 Å². The zero-order valence-corrected chi connectivity index (χ0v) is 9.27. The van der Waals surface area contributed by atoms with Crippen molar-refractivity contribution in [1.29, 1.82) is 0 Å². The molecule has 0 aromatic rings. The molecule has 15 heavy (non-hydrogen) atoms. The fourth-order valence-electron chi connectivity index (χ4n) is 1.95. The highest BCUT2D eigenvalue weighted by Gasteiger charge is 2.34. The SMILES string of the molecule is CCCN(CC(=O)O)C1CCN(C)C1=O. The minimum absolute atomic E-state index is 0.0436. The van der Waals surface area contributed by atoms with Crippen molar-refractivity contribution in [3.05, 3.63) is 0 Å². The Kier molecular flexibility index (Phi) is 4.08. The van der Waals surface area contributed by atoms with Crippen LogP contribution in [0.4, 0.5) is 0 Å². The predicted molar refractivity (Wildman–Crippen MR) is 55.5 cm³/mol. The second-order valence-corrected chi connectivity index (χ2v) is 3.93. The smallest absolute Gasteiger partial charge is 0.317 e. The first-order valence-electron chi connectivity index (χ1n) is 5.27. The van der Waals surface area contributed by atoms with Gasteiger partial charge in [0.1, 0.15) is 0 Å². The molecule has 1 amide bonds. The zero-order valence-electron chi connectivity index (χ0n) is 9.27.